The molecule has 3 heterocycles. The Morgan fingerprint density at radius 1 is 1.17 bits per heavy atom. The van der Waals surface area contributed by atoms with Crippen molar-refractivity contribution in [3.63, 3.8) is 0 Å². The third-order valence-corrected chi connectivity index (χ3v) is 5.83. The van der Waals surface area contributed by atoms with Gasteiger partial charge in [-0.25, -0.2) is 9.67 Å². The van der Waals surface area contributed by atoms with Crippen LogP contribution in [0.2, 0.25) is 0 Å². The summed E-state index contributed by atoms with van der Waals surface area (Å²) in [6, 6.07) is 9.89. The lowest BCUT2D eigenvalue weighted by Crippen LogP contribution is -2.44. The van der Waals surface area contributed by atoms with Gasteiger partial charge in [0, 0.05) is 38.0 Å². The van der Waals surface area contributed by atoms with Crippen molar-refractivity contribution >= 4 is 11.8 Å². The van der Waals surface area contributed by atoms with Gasteiger partial charge in [0.25, 0.3) is 0 Å². The first-order valence-electron chi connectivity index (χ1n) is 10.6. The molecule has 7 heteroatoms. The van der Waals surface area contributed by atoms with Crippen LogP contribution in [-0.2, 0) is 16.1 Å². The average molecular weight is 396 g/mol. The second-order valence-electron chi connectivity index (χ2n) is 8.25. The fourth-order valence-corrected chi connectivity index (χ4v) is 4.37. The molecule has 0 aliphatic carbocycles. The quantitative estimate of drug-likeness (QED) is 0.754. The highest BCUT2D eigenvalue weighted by atomic mass is 16.2. The maximum absolute atomic E-state index is 13.0. The molecule has 2 aliphatic rings. The number of hydrogen-bond acceptors (Lipinski definition) is 4. The van der Waals surface area contributed by atoms with Crippen LogP contribution in [0.5, 0.6) is 0 Å². The second kappa shape index (κ2) is 8.35. The van der Waals surface area contributed by atoms with Gasteiger partial charge in [-0.3, -0.25) is 9.59 Å². The van der Waals surface area contributed by atoms with Crippen molar-refractivity contribution in [3.8, 4) is 11.4 Å². The fourth-order valence-electron chi connectivity index (χ4n) is 4.37. The van der Waals surface area contributed by atoms with E-state index in [1.807, 2.05) is 44.8 Å². The Morgan fingerprint density at radius 2 is 1.97 bits per heavy atom. The normalized spacial score (nSPS) is 19.1. The first kappa shape index (κ1) is 19.6. The van der Waals surface area contributed by atoms with Crippen LogP contribution in [0.25, 0.3) is 11.4 Å². The predicted octanol–water partition coefficient (Wildman–Crippen LogP) is 2.89. The third kappa shape index (κ3) is 4.04. The summed E-state index contributed by atoms with van der Waals surface area (Å²) < 4.78 is 1.96. The molecule has 2 aromatic rings. The number of hydrogen-bond donors (Lipinski definition) is 0. The van der Waals surface area contributed by atoms with Gasteiger partial charge in [-0.15, -0.1) is 0 Å². The molecule has 1 saturated heterocycles. The molecule has 1 atom stereocenters. The number of amides is 2. The highest BCUT2D eigenvalue weighted by molar-refractivity contribution is 5.78. The van der Waals surface area contributed by atoms with Crippen LogP contribution in [0.1, 0.15) is 51.4 Å². The van der Waals surface area contributed by atoms with E-state index in [2.05, 4.69) is 13.8 Å². The minimum Gasteiger partial charge on any atom is -0.343 e. The molecule has 1 aromatic carbocycles. The van der Waals surface area contributed by atoms with Crippen molar-refractivity contribution in [1.82, 2.24) is 24.6 Å². The van der Waals surface area contributed by atoms with Gasteiger partial charge in [0.05, 0.1) is 12.6 Å². The smallest absolute Gasteiger partial charge is 0.223 e. The maximum Gasteiger partial charge on any atom is 0.223 e. The van der Waals surface area contributed by atoms with E-state index in [-0.39, 0.29) is 23.8 Å². The molecule has 0 spiro atoms. The zero-order valence-corrected chi connectivity index (χ0v) is 17.3. The van der Waals surface area contributed by atoms with E-state index in [1.165, 1.54) is 0 Å². The predicted molar refractivity (Wildman–Crippen MR) is 110 cm³/mol. The van der Waals surface area contributed by atoms with Crippen LogP contribution in [0.15, 0.2) is 30.3 Å². The molecule has 0 N–H and O–H groups in total. The highest BCUT2D eigenvalue weighted by Gasteiger charge is 2.35. The van der Waals surface area contributed by atoms with E-state index in [0.29, 0.717) is 44.7 Å². The van der Waals surface area contributed by atoms with Gasteiger partial charge in [-0.2, -0.15) is 5.10 Å². The number of carbonyl (C=O) groups is 2. The van der Waals surface area contributed by atoms with E-state index in [9.17, 15) is 9.59 Å². The lowest BCUT2D eigenvalue weighted by molar-refractivity contribution is -0.137. The largest absolute Gasteiger partial charge is 0.343 e. The van der Waals surface area contributed by atoms with Crippen molar-refractivity contribution in [2.24, 2.45) is 5.92 Å². The Bertz CT molecular complexity index is 877. The second-order valence-corrected chi connectivity index (χ2v) is 8.25. The van der Waals surface area contributed by atoms with Gasteiger partial charge in [0.2, 0.25) is 11.8 Å². The highest BCUT2D eigenvalue weighted by Crippen LogP contribution is 2.32. The van der Waals surface area contributed by atoms with Crippen LogP contribution >= 0.6 is 0 Å². The van der Waals surface area contributed by atoms with Crippen molar-refractivity contribution in [3.05, 3.63) is 36.2 Å². The summed E-state index contributed by atoms with van der Waals surface area (Å²) in [6.07, 6.45) is 2.77. The van der Waals surface area contributed by atoms with Crippen molar-refractivity contribution in [1.29, 1.82) is 0 Å². The van der Waals surface area contributed by atoms with Gasteiger partial charge in [0.15, 0.2) is 11.6 Å². The molecule has 2 amide bonds. The van der Waals surface area contributed by atoms with Gasteiger partial charge in [-0.05, 0) is 18.8 Å². The molecule has 1 fully saturated rings. The average Bonchev–Trinajstić information content (AvgIpc) is 3.33. The van der Waals surface area contributed by atoms with Crippen molar-refractivity contribution in [2.75, 3.05) is 19.6 Å². The molecule has 1 aromatic heterocycles. The minimum atomic E-state index is -0.0744. The monoisotopic (exact) mass is 395 g/mol. The van der Waals surface area contributed by atoms with Gasteiger partial charge >= 0.3 is 0 Å². The number of likely N-dealkylation sites (tertiary alicyclic amines) is 1. The number of fused-ring (bicyclic) bond motifs is 1. The molecule has 154 valence electrons. The molecular weight excluding hydrogens is 366 g/mol. The fraction of sp³-hybridized carbons (Fsp3) is 0.545. The van der Waals surface area contributed by atoms with Crippen LogP contribution in [0, 0.1) is 5.92 Å². The van der Waals surface area contributed by atoms with Crippen LogP contribution in [-0.4, -0.2) is 56.0 Å². The lowest BCUT2D eigenvalue weighted by atomic mass is 9.99. The molecule has 0 saturated carbocycles. The third-order valence-electron chi connectivity index (χ3n) is 5.83. The van der Waals surface area contributed by atoms with Crippen LogP contribution < -0.4 is 0 Å². The summed E-state index contributed by atoms with van der Waals surface area (Å²) >= 11 is 0. The molecular formula is C22H29N5O2. The SMILES string of the molecule is CC(C)[C@H]1c2nc(-c3ccccc3)nn2CCN1C(=O)CCCN1CCCC1=O. The summed E-state index contributed by atoms with van der Waals surface area (Å²) in [5, 5.41) is 4.69. The Morgan fingerprint density at radius 3 is 2.66 bits per heavy atom. The molecule has 2 aliphatic heterocycles. The van der Waals surface area contributed by atoms with E-state index < -0.39 is 0 Å². The maximum atomic E-state index is 13.0. The Labute approximate surface area is 171 Å². The van der Waals surface area contributed by atoms with E-state index in [1.54, 1.807) is 0 Å². The topological polar surface area (TPSA) is 71.3 Å². The van der Waals surface area contributed by atoms with Crippen LogP contribution in [0.4, 0.5) is 0 Å². The molecule has 7 nitrogen and oxygen atoms in total. The molecule has 29 heavy (non-hydrogen) atoms. The van der Waals surface area contributed by atoms with E-state index >= 15 is 0 Å². The lowest BCUT2D eigenvalue weighted by Gasteiger charge is -2.37. The Kier molecular flexibility index (Phi) is 5.65. The summed E-state index contributed by atoms with van der Waals surface area (Å²) in [5.41, 5.74) is 0.991. The summed E-state index contributed by atoms with van der Waals surface area (Å²) in [6.45, 7) is 7.07. The van der Waals surface area contributed by atoms with Crippen molar-refractivity contribution in [2.45, 2.75) is 52.1 Å². The van der Waals surface area contributed by atoms with Crippen LogP contribution in [0.3, 0.4) is 0 Å². The van der Waals surface area contributed by atoms with E-state index in [4.69, 9.17) is 10.1 Å². The summed E-state index contributed by atoms with van der Waals surface area (Å²) in [4.78, 5) is 33.4. The summed E-state index contributed by atoms with van der Waals surface area (Å²) in [5.74, 6) is 2.19. The summed E-state index contributed by atoms with van der Waals surface area (Å²) in [7, 11) is 0. The standard InChI is InChI=1S/C22H29N5O2/c1-16(2)20-22-23-21(17-8-4-3-5-9-17)24-27(22)15-14-26(20)19(29)11-7-13-25-12-6-10-18(25)28/h3-5,8-9,16,20H,6-7,10-15H2,1-2H3/t20-/m0/s1. The number of carbonyl (C=O) groups excluding carboxylic acids is 2. The zero-order chi connectivity index (χ0) is 20.4. The van der Waals surface area contributed by atoms with Crippen molar-refractivity contribution < 1.29 is 9.59 Å². The number of benzene rings is 1. The van der Waals surface area contributed by atoms with Gasteiger partial charge < -0.3 is 9.80 Å². The zero-order valence-electron chi connectivity index (χ0n) is 17.3. The van der Waals surface area contributed by atoms with Gasteiger partial charge in [-0.1, -0.05) is 44.2 Å². The Balaban J connectivity index is 1.47. The molecule has 0 radical (unpaired) electrons. The van der Waals surface area contributed by atoms with E-state index in [0.717, 1.165) is 24.4 Å². The minimum absolute atomic E-state index is 0.0744. The number of nitrogens with zero attached hydrogens (tertiary/aromatic N) is 5. The Hall–Kier alpha value is -2.70. The first-order valence-corrected chi connectivity index (χ1v) is 10.6. The van der Waals surface area contributed by atoms with Gasteiger partial charge in [0.1, 0.15) is 0 Å². The molecule has 0 unspecified atom stereocenters. The first-order chi connectivity index (χ1) is 14.0. The number of rotatable bonds is 6. The number of aromatic nitrogens is 3. The molecule has 0 bridgehead atoms. The molecule has 4 rings (SSSR count).